The number of esters is 1. The molecule has 7 heteroatoms. The molecule has 1 atom stereocenters. The van der Waals surface area contributed by atoms with Gasteiger partial charge in [-0.25, -0.2) is 9.59 Å². The van der Waals surface area contributed by atoms with Crippen LogP contribution in [0, 0.1) is 0 Å². The third-order valence-electron chi connectivity index (χ3n) is 6.69. The standard InChI is InChI=1S/C26H30N4O3/c1-33-25(31)23-22(18-28-14-16-29(17-15-28)20-10-6-3-7-11-20)30(21-12-13-21)26(32)27-24(23)19-8-4-2-5-9-19/h2-11,21,24H,12-18H2,1H3,(H,27,32)/t24-/m1/s1. The predicted octanol–water partition coefficient (Wildman–Crippen LogP) is 3.16. The fourth-order valence-electron chi connectivity index (χ4n) is 4.82. The van der Waals surface area contributed by atoms with Gasteiger partial charge in [-0.1, -0.05) is 48.5 Å². The second-order valence-electron chi connectivity index (χ2n) is 8.85. The van der Waals surface area contributed by atoms with Gasteiger partial charge in [-0.2, -0.15) is 0 Å². The summed E-state index contributed by atoms with van der Waals surface area (Å²) in [5.41, 5.74) is 3.44. The molecule has 2 amide bonds. The van der Waals surface area contributed by atoms with Crippen LogP contribution in [0.2, 0.25) is 0 Å². The molecule has 5 rings (SSSR count). The summed E-state index contributed by atoms with van der Waals surface area (Å²) in [5, 5.41) is 3.07. The molecule has 0 bridgehead atoms. The summed E-state index contributed by atoms with van der Waals surface area (Å²) in [4.78, 5) is 32.8. The van der Waals surface area contributed by atoms with Gasteiger partial charge < -0.3 is 15.0 Å². The number of benzene rings is 2. The van der Waals surface area contributed by atoms with E-state index in [0.29, 0.717) is 12.1 Å². The molecule has 0 radical (unpaired) electrons. The van der Waals surface area contributed by atoms with Crippen LogP contribution in [0.4, 0.5) is 10.5 Å². The van der Waals surface area contributed by atoms with Gasteiger partial charge in [0, 0.05) is 50.2 Å². The van der Waals surface area contributed by atoms with E-state index in [0.717, 1.165) is 50.3 Å². The average molecular weight is 447 g/mol. The lowest BCUT2D eigenvalue weighted by molar-refractivity contribution is -0.136. The first kappa shape index (κ1) is 21.5. The van der Waals surface area contributed by atoms with Crippen molar-refractivity contribution in [1.82, 2.24) is 15.1 Å². The molecule has 1 aliphatic carbocycles. The van der Waals surface area contributed by atoms with Gasteiger partial charge in [-0.3, -0.25) is 9.80 Å². The van der Waals surface area contributed by atoms with Gasteiger partial charge >= 0.3 is 12.0 Å². The highest BCUT2D eigenvalue weighted by Gasteiger charge is 2.44. The lowest BCUT2D eigenvalue weighted by Gasteiger charge is -2.41. The first-order valence-electron chi connectivity index (χ1n) is 11.6. The number of nitrogens with zero attached hydrogens (tertiary/aromatic N) is 3. The minimum atomic E-state index is -0.512. The summed E-state index contributed by atoms with van der Waals surface area (Å²) >= 11 is 0. The Morgan fingerprint density at radius 3 is 2.21 bits per heavy atom. The Balaban J connectivity index is 1.44. The van der Waals surface area contributed by atoms with Crippen LogP contribution in [0.25, 0.3) is 0 Å². The highest BCUT2D eigenvalue weighted by molar-refractivity contribution is 5.95. The third kappa shape index (κ3) is 4.46. The number of piperazine rings is 1. The van der Waals surface area contributed by atoms with Gasteiger partial charge in [-0.05, 0) is 30.5 Å². The molecule has 33 heavy (non-hydrogen) atoms. The Morgan fingerprint density at radius 2 is 1.61 bits per heavy atom. The Hall–Kier alpha value is -3.32. The zero-order chi connectivity index (χ0) is 22.8. The molecule has 0 aromatic heterocycles. The van der Waals surface area contributed by atoms with Crippen molar-refractivity contribution in [3.63, 3.8) is 0 Å². The van der Waals surface area contributed by atoms with Crippen LogP contribution in [0.5, 0.6) is 0 Å². The molecule has 3 aliphatic rings. The second kappa shape index (κ2) is 9.27. The van der Waals surface area contributed by atoms with Crippen LogP contribution < -0.4 is 10.2 Å². The van der Waals surface area contributed by atoms with E-state index in [1.165, 1.54) is 12.8 Å². The molecule has 2 aromatic carbocycles. The lowest BCUT2D eigenvalue weighted by atomic mass is 9.94. The summed E-state index contributed by atoms with van der Waals surface area (Å²) in [7, 11) is 1.41. The summed E-state index contributed by atoms with van der Waals surface area (Å²) < 4.78 is 5.22. The van der Waals surface area contributed by atoms with E-state index in [1.54, 1.807) is 0 Å². The van der Waals surface area contributed by atoms with Gasteiger partial charge in [0.05, 0.1) is 18.7 Å². The Morgan fingerprint density at radius 1 is 0.970 bits per heavy atom. The summed E-state index contributed by atoms with van der Waals surface area (Å²) in [6.07, 6.45) is 1.92. The number of anilines is 1. The number of carbonyl (C=O) groups is 2. The minimum Gasteiger partial charge on any atom is -0.466 e. The Bertz CT molecular complexity index is 1030. The van der Waals surface area contributed by atoms with Crippen molar-refractivity contribution >= 4 is 17.7 Å². The average Bonchev–Trinajstić information content (AvgIpc) is 3.70. The molecule has 1 saturated heterocycles. The quantitative estimate of drug-likeness (QED) is 0.691. The number of amides is 2. The highest BCUT2D eigenvalue weighted by Crippen LogP contribution is 2.38. The van der Waals surface area contributed by atoms with Gasteiger partial charge in [-0.15, -0.1) is 0 Å². The highest BCUT2D eigenvalue weighted by atomic mass is 16.5. The van der Waals surface area contributed by atoms with E-state index >= 15 is 0 Å². The molecule has 7 nitrogen and oxygen atoms in total. The maximum absolute atomic E-state index is 13.2. The number of urea groups is 1. The van der Waals surface area contributed by atoms with Crippen LogP contribution in [0.1, 0.15) is 24.4 Å². The number of nitrogens with one attached hydrogen (secondary N) is 1. The predicted molar refractivity (Wildman–Crippen MR) is 127 cm³/mol. The topological polar surface area (TPSA) is 65.1 Å². The molecule has 1 saturated carbocycles. The molecule has 2 aromatic rings. The monoisotopic (exact) mass is 446 g/mol. The molecule has 0 spiro atoms. The minimum absolute atomic E-state index is 0.128. The largest absolute Gasteiger partial charge is 0.466 e. The maximum Gasteiger partial charge on any atom is 0.338 e. The third-order valence-corrected chi connectivity index (χ3v) is 6.69. The fourth-order valence-corrected chi connectivity index (χ4v) is 4.82. The molecule has 0 unspecified atom stereocenters. The summed E-state index contributed by atoms with van der Waals surface area (Å²) in [6, 6.07) is 19.6. The smallest absolute Gasteiger partial charge is 0.338 e. The maximum atomic E-state index is 13.2. The van der Waals surface area contributed by atoms with Crippen LogP contribution in [-0.2, 0) is 9.53 Å². The van der Waals surface area contributed by atoms with Crippen LogP contribution >= 0.6 is 0 Å². The Kier molecular flexibility index (Phi) is 6.05. The number of methoxy groups -OCH3 is 1. The van der Waals surface area contributed by atoms with E-state index in [9.17, 15) is 9.59 Å². The summed E-state index contributed by atoms with van der Waals surface area (Å²) in [6.45, 7) is 4.09. The molecule has 2 fully saturated rings. The van der Waals surface area contributed by atoms with Gasteiger partial charge in [0.1, 0.15) is 0 Å². The van der Waals surface area contributed by atoms with Crippen LogP contribution in [-0.4, -0.2) is 67.7 Å². The molecular formula is C26H30N4O3. The first-order chi connectivity index (χ1) is 16.2. The zero-order valence-corrected chi connectivity index (χ0v) is 18.9. The first-order valence-corrected chi connectivity index (χ1v) is 11.6. The number of hydrogen-bond acceptors (Lipinski definition) is 5. The molecule has 172 valence electrons. The molecular weight excluding hydrogens is 416 g/mol. The zero-order valence-electron chi connectivity index (χ0n) is 18.9. The van der Waals surface area contributed by atoms with Crippen LogP contribution in [0.15, 0.2) is 71.9 Å². The van der Waals surface area contributed by atoms with Gasteiger partial charge in [0.25, 0.3) is 0 Å². The lowest BCUT2D eigenvalue weighted by Crippen LogP contribution is -2.53. The van der Waals surface area contributed by atoms with Crippen LogP contribution in [0.3, 0.4) is 0 Å². The Labute approximate surface area is 194 Å². The van der Waals surface area contributed by atoms with Crippen molar-refractivity contribution in [2.24, 2.45) is 0 Å². The number of para-hydroxylation sites is 1. The van der Waals surface area contributed by atoms with E-state index in [2.05, 4.69) is 39.4 Å². The SMILES string of the molecule is COC(=O)C1=C(CN2CCN(c3ccccc3)CC2)N(C2CC2)C(=O)N[C@@H]1c1ccccc1. The van der Waals surface area contributed by atoms with E-state index in [-0.39, 0.29) is 18.0 Å². The molecule has 2 aliphatic heterocycles. The number of ether oxygens (including phenoxy) is 1. The van der Waals surface area contributed by atoms with E-state index < -0.39 is 6.04 Å². The van der Waals surface area contributed by atoms with Crippen molar-refractivity contribution in [3.8, 4) is 0 Å². The molecule has 2 heterocycles. The van der Waals surface area contributed by atoms with Gasteiger partial charge in [0.2, 0.25) is 0 Å². The van der Waals surface area contributed by atoms with Crippen molar-refractivity contribution in [2.75, 3.05) is 44.7 Å². The second-order valence-corrected chi connectivity index (χ2v) is 8.85. The number of hydrogen-bond donors (Lipinski definition) is 1. The van der Waals surface area contributed by atoms with Gasteiger partial charge in [0.15, 0.2) is 0 Å². The van der Waals surface area contributed by atoms with E-state index in [1.807, 2.05) is 41.3 Å². The molecule has 1 N–H and O–H groups in total. The normalized spacial score (nSPS) is 21.7. The number of carbonyl (C=O) groups excluding carboxylic acids is 2. The fraction of sp³-hybridized carbons (Fsp3) is 0.385. The van der Waals surface area contributed by atoms with Crippen molar-refractivity contribution in [3.05, 3.63) is 77.5 Å². The van der Waals surface area contributed by atoms with E-state index in [4.69, 9.17) is 4.74 Å². The summed E-state index contributed by atoms with van der Waals surface area (Å²) in [5.74, 6) is -0.382. The van der Waals surface area contributed by atoms with Crippen molar-refractivity contribution in [2.45, 2.75) is 24.9 Å². The number of rotatable bonds is 6. The van der Waals surface area contributed by atoms with Crippen molar-refractivity contribution < 1.29 is 14.3 Å². The van der Waals surface area contributed by atoms with Crippen molar-refractivity contribution in [1.29, 1.82) is 0 Å².